The highest BCUT2D eigenvalue weighted by molar-refractivity contribution is 5.78. The third-order valence-corrected chi connectivity index (χ3v) is 4.85. The Morgan fingerprint density at radius 3 is 2.48 bits per heavy atom. The van der Waals surface area contributed by atoms with Crippen LogP contribution in [-0.4, -0.2) is 50.1 Å². The maximum absolute atomic E-state index is 12.0. The summed E-state index contributed by atoms with van der Waals surface area (Å²) in [5, 5.41) is 6.43. The van der Waals surface area contributed by atoms with Gasteiger partial charge in [-0.25, -0.2) is 0 Å². The molecule has 2 rings (SSSR count). The Bertz CT molecular complexity index is 305. The van der Waals surface area contributed by atoms with Crippen LogP contribution in [-0.2, 0) is 4.79 Å². The fraction of sp³-hybridized carbons (Fsp3) is 0.941. The van der Waals surface area contributed by atoms with Crippen molar-refractivity contribution in [3.8, 4) is 0 Å². The number of unbranched alkanes of at least 4 members (excludes halogenated alkanes) is 1. The fourth-order valence-corrected chi connectivity index (χ4v) is 3.88. The van der Waals surface area contributed by atoms with Crippen molar-refractivity contribution in [2.24, 2.45) is 17.8 Å². The minimum atomic E-state index is 0.245. The van der Waals surface area contributed by atoms with E-state index in [0.29, 0.717) is 0 Å². The first-order valence-electron chi connectivity index (χ1n) is 8.86. The summed E-state index contributed by atoms with van der Waals surface area (Å²) >= 11 is 0. The van der Waals surface area contributed by atoms with Gasteiger partial charge < -0.3 is 15.5 Å². The van der Waals surface area contributed by atoms with E-state index in [0.717, 1.165) is 50.7 Å². The second-order valence-corrected chi connectivity index (χ2v) is 7.23. The van der Waals surface area contributed by atoms with E-state index in [1.54, 1.807) is 0 Å². The minimum Gasteiger partial charge on any atom is -0.356 e. The van der Waals surface area contributed by atoms with Gasteiger partial charge >= 0.3 is 0 Å². The number of carbonyl (C=O) groups is 1. The second-order valence-electron chi connectivity index (χ2n) is 7.23. The Labute approximate surface area is 130 Å². The summed E-state index contributed by atoms with van der Waals surface area (Å²) in [6.45, 7) is 11.3. The van der Waals surface area contributed by atoms with Crippen molar-refractivity contribution >= 4 is 5.91 Å². The van der Waals surface area contributed by atoms with E-state index >= 15 is 0 Å². The van der Waals surface area contributed by atoms with Gasteiger partial charge in [-0.05, 0) is 63.6 Å². The third-order valence-electron chi connectivity index (χ3n) is 4.85. The molecule has 0 radical (unpaired) electrons. The number of carbonyl (C=O) groups excluding carboxylic acids is 1. The minimum absolute atomic E-state index is 0.245. The van der Waals surface area contributed by atoms with E-state index in [2.05, 4.69) is 29.4 Å². The number of piperidine rings is 2. The average Bonchev–Trinajstić information content (AvgIpc) is 2.46. The van der Waals surface area contributed by atoms with Gasteiger partial charge in [0.25, 0.3) is 0 Å². The van der Waals surface area contributed by atoms with Crippen molar-refractivity contribution in [2.75, 3.05) is 39.3 Å². The maximum atomic E-state index is 12.0. The third kappa shape index (κ3) is 5.95. The van der Waals surface area contributed by atoms with E-state index in [1.165, 1.54) is 32.5 Å². The molecule has 0 spiro atoms. The van der Waals surface area contributed by atoms with Crippen molar-refractivity contribution in [3.63, 3.8) is 0 Å². The summed E-state index contributed by atoms with van der Waals surface area (Å²) in [5.41, 5.74) is 0. The lowest BCUT2D eigenvalue weighted by molar-refractivity contribution is -0.125. The molecule has 2 saturated heterocycles. The molecule has 0 aromatic heterocycles. The Kier molecular flexibility index (Phi) is 6.97. The van der Waals surface area contributed by atoms with Crippen LogP contribution in [0.3, 0.4) is 0 Å². The number of nitrogens with one attached hydrogen (secondary N) is 2. The predicted octanol–water partition coefficient (Wildman–Crippen LogP) is 1.86. The Morgan fingerprint density at radius 2 is 1.81 bits per heavy atom. The van der Waals surface area contributed by atoms with Crippen molar-refractivity contribution in [1.29, 1.82) is 0 Å². The quantitative estimate of drug-likeness (QED) is 0.735. The average molecular weight is 295 g/mol. The zero-order chi connectivity index (χ0) is 15.1. The molecule has 2 atom stereocenters. The number of hydrogen-bond acceptors (Lipinski definition) is 3. The van der Waals surface area contributed by atoms with Crippen LogP contribution in [0.1, 0.15) is 46.0 Å². The van der Waals surface area contributed by atoms with Gasteiger partial charge in [0.2, 0.25) is 5.91 Å². The molecule has 21 heavy (non-hydrogen) atoms. The molecule has 4 heteroatoms. The monoisotopic (exact) mass is 295 g/mol. The van der Waals surface area contributed by atoms with E-state index in [-0.39, 0.29) is 11.8 Å². The molecule has 0 aromatic carbocycles. The molecule has 0 aliphatic carbocycles. The van der Waals surface area contributed by atoms with Gasteiger partial charge in [0.1, 0.15) is 0 Å². The summed E-state index contributed by atoms with van der Waals surface area (Å²) in [4.78, 5) is 14.6. The van der Waals surface area contributed by atoms with E-state index < -0.39 is 0 Å². The zero-order valence-electron chi connectivity index (χ0n) is 13.9. The first-order chi connectivity index (χ1) is 10.1. The van der Waals surface area contributed by atoms with Crippen LogP contribution in [0.15, 0.2) is 0 Å². The highest BCUT2D eigenvalue weighted by Crippen LogP contribution is 2.21. The van der Waals surface area contributed by atoms with Crippen molar-refractivity contribution in [3.05, 3.63) is 0 Å². The van der Waals surface area contributed by atoms with Crippen LogP contribution in [0.5, 0.6) is 0 Å². The molecule has 2 heterocycles. The SMILES string of the molecule is CC1CC(C)CN(CCCCNC(=O)C2CCNCC2)C1. The lowest BCUT2D eigenvalue weighted by Gasteiger charge is -2.34. The summed E-state index contributed by atoms with van der Waals surface area (Å²) in [6.07, 6.45) is 5.68. The molecule has 122 valence electrons. The summed E-state index contributed by atoms with van der Waals surface area (Å²) in [7, 11) is 0. The van der Waals surface area contributed by atoms with Crippen LogP contribution in [0.2, 0.25) is 0 Å². The number of likely N-dealkylation sites (tertiary alicyclic amines) is 1. The zero-order valence-corrected chi connectivity index (χ0v) is 13.9. The maximum Gasteiger partial charge on any atom is 0.223 e. The molecule has 2 fully saturated rings. The lowest BCUT2D eigenvalue weighted by atomic mass is 9.92. The molecule has 2 N–H and O–H groups in total. The van der Waals surface area contributed by atoms with Crippen LogP contribution in [0, 0.1) is 17.8 Å². The molecule has 2 aliphatic heterocycles. The molecule has 1 amide bonds. The number of nitrogens with zero attached hydrogens (tertiary/aromatic N) is 1. The molecular weight excluding hydrogens is 262 g/mol. The number of amides is 1. The normalized spacial score (nSPS) is 28.5. The van der Waals surface area contributed by atoms with Crippen molar-refractivity contribution < 1.29 is 4.79 Å². The van der Waals surface area contributed by atoms with E-state index in [9.17, 15) is 4.79 Å². The number of hydrogen-bond donors (Lipinski definition) is 2. The van der Waals surface area contributed by atoms with Gasteiger partial charge in [0.15, 0.2) is 0 Å². The first kappa shape index (κ1) is 16.8. The smallest absolute Gasteiger partial charge is 0.223 e. The second kappa shape index (κ2) is 8.74. The van der Waals surface area contributed by atoms with Crippen LogP contribution in [0.25, 0.3) is 0 Å². The molecule has 4 nitrogen and oxygen atoms in total. The lowest BCUT2D eigenvalue weighted by Crippen LogP contribution is -2.40. The summed E-state index contributed by atoms with van der Waals surface area (Å²) in [5.74, 6) is 2.20. The molecule has 2 unspecified atom stereocenters. The Balaban J connectivity index is 1.52. The Morgan fingerprint density at radius 1 is 1.14 bits per heavy atom. The Hall–Kier alpha value is -0.610. The molecular formula is C17H33N3O. The largest absolute Gasteiger partial charge is 0.356 e. The fourth-order valence-electron chi connectivity index (χ4n) is 3.88. The predicted molar refractivity (Wildman–Crippen MR) is 87.2 cm³/mol. The van der Waals surface area contributed by atoms with Crippen molar-refractivity contribution in [1.82, 2.24) is 15.5 Å². The summed E-state index contributed by atoms with van der Waals surface area (Å²) < 4.78 is 0. The van der Waals surface area contributed by atoms with Gasteiger partial charge in [-0.2, -0.15) is 0 Å². The topological polar surface area (TPSA) is 44.4 Å². The van der Waals surface area contributed by atoms with Gasteiger partial charge in [-0.15, -0.1) is 0 Å². The van der Waals surface area contributed by atoms with Crippen LogP contribution in [0.4, 0.5) is 0 Å². The van der Waals surface area contributed by atoms with Gasteiger partial charge in [-0.3, -0.25) is 4.79 Å². The molecule has 2 aliphatic rings. The van der Waals surface area contributed by atoms with Crippen molar-refractivity contribution in [2.45, 2.75) is 46.0 Å². The van der Waals surface area contributed by atoms with Gasteiger partial charge in [0.05, 0.1) is 0 Å². The van der Waals surface area contributed by atoms with Gasteiger partial charge in [0, 0.05) is 25.6 Å². The van der Waals surface area contributed by atoms with Crippen LogP contribution < -0.4 is 10.6 Å². The highest BCUT2D eigenvalue weighted by Gasteiger charge is 2.22. The highest BCUT2D eigenvalue weighted by atomic mass is 16.1. The van der Waals surface area contributed by atoms with E-state index in [4.69, 9.17) is 0 Å². The molecule has 0 aromatic rings. The first-order valence-corrected chi connectivity index (χ1v) is 8.86. The van der Waals surface area contributed by atoms with E-state index in [1.807, 2.05) is 0 Å². The molecule has 0 saturated carbocycles. The number of rotatable bonds is 6. The summed E-state index contributed by atoms with van der Waals surface area (Å²) in [6, 6.07) is 0. The van der Waals surface area contributed by atoms with Crippen LogP contribution >= 0.6 is 0 Å². The van der Waals surface area contributed by atoms with Gasteiger partial charge in [-0.1, -0.05) is 13.8 Å². The molecule has 0 bridgehead atoms. The standard InChI is InChI=1S/C17H33N3O/c1-14-11-15(2)13-20(12-14)10-4-3-7-19-17(21)16-5-8-18-9-6-16/h14-16,18H,3-13H2,1-2H3,(H,19,21).